The molecule has 0 bridgehead atoms. The highest BCUT2D eigenvalue weighted by molar-refractivity contribution is 9.10. The summed E-state index contributed by atoms with van der Waals surface area (Å²) < 4.78 is 8.77. The van der Waals surface area contributed by atoms with Crippen molar-refractivity contribution in [1.29, 1.82) is 0 Å². The number of pyridine rings is 2. The molecule has 0 fully saturated rings. The first kappa shape index (κ1) is 21.8. The predicted octanol–water partition coefficient (Wildman–Crippen LogP) is 6.24. The molecule has 0 spiro atoms. The van der Waals surface area contributed by atoms with Gasteiger partial charge >= 0.3 is 0 Å². The summed E-state index contributed by atoms with van der Waals surface area (Å²) in [7, 11) is 3.67. The van der Waals surface area contributed by atoms with Crippen LogP contribution in [0.5, 0.6) is 0 Å². The van der Waals surface area contributed by atoms with Gasteiger partial charge in [0.25, 0.3) is 0 Å². The van der Waals surface area contributed by atoms with Gasteiger partial charge in [-0.15, -0.1) is 0 Å². The molecule has 0 amide bonds. The average Bonchev–Trinajstić information content (AvgIpc) is 3.00. The van der Waals surface area contributed by atoms with Crippen LogP contribution in [0.3, 0.4) is 0 Å². The van der Waals surface area contributed by atoms with E-state index >= 15 is 0 Å². The van der Waals surface area contributed by atoms with Gasteiger partial charge in [-0.05, 0) is 65.4 Å². The largest absolute Gasteiger partial charge is 0.383 e. The molecule has 0 aliphatic rings. The molecule has 0 unspecified atom stereocenters. The lowest BCUT2D eigenvalue weighted by molar-refractivity contribution is 0.155. The first-order valence-electron chi connectivity index (χ1n) is 10.2. The second-order valence-electron chi connectivity index (χ2n) is 7.91. The molecule has 0 aliphatic heterocycles. The third kappa shape index (κ3) is 4.05. The normalized spacial score (nSPS) is 12.7. The minimum atomic E-state index is 0.303. The van der Waals surface area contributed by atoms with Crippen LogP contribution in [-0.4, -0.2) is 35.3 Å². The molecule has 5 nitrogen and oxygen atoms in total. The van der Waals surface area contributed by atoms with Gasteiger partial charge in [-0.3, -0.25) is 0 Å². The highest BCUT2D eigenvalue weighted by Gasteiger charge is 2.20. The van der Waals surface area contributed by atoms with Crippen molar-refractivity contribution in [3.05, 3.63) is 39.6 Å². The van der Waals surface area contributed by atoms with E-state index in [0.29, 0.717) is 18.6 Å². The number of nitrogens with one attached hydrogen (secondary N) is 1. The molecule has 3 rings (SSSR count). The third-order valence-corrected chi connectivity index (χ3v) is 6.08. The molecule has 0 aliphatic carbocycles. The van der Waals surface area contributed by atoms with Crippen LogP contribution in [0.15, 0.2) is 22.8 Å². The quantitative estimate of drug-likeness (QED) is 0.455. The number of fused-ring (bicyclic) bond motifs is 1. The van der Waals surface area contributed by atoms with Gasteiger partial charge in [-0.2, -0.15) is 0 Å². The lowest BCUT2D eigenvalue weighted by atomic mass is 10.0. The zero-order valence-corrected chi connectivity index (χ0v) is 20.0. The molecule has 3 aromatic heterocycles. The molecule has 0 saturated carbocycles. The molecule has 29 heavy (non-hydrogen) atoms. The Labute approximate surface area is 182 Å². The Morgan fingerprint density at radius 3 is 2.48 bits per heavy atom. The van der Waals surface area contributed by atoms with Crippen LogP contribution < -0.4 is 5.32 Å². The van der Waals surface area contributed by atoms with Crippen molar-refractivity contribution in [1.82, 2.24) is 14.5 Å². The van der Waals surface area contributed by atoms with Crippen LogP contribution in [-0.2, 0) is 4.74 Å². The maximum absolute atomic E-state index is 5.44. The van der Waals surface area contributed by atoms with E-state index in [2.05, 4.69) is 78.8 Å². The van der Waals surface area contributed by atoms with E-state index in [0.717, 1.165) is 50.3 Å². The first-order chi connectivity index (χ1) is 13.8. The molecule has 156 valence electrons. The van der Waals surface area contributed by atoms with Crippen LogP contribution in [0.2, 0.25) is 0 Å². The minimum absolute atomic E-state index is 0.303. The number of methoxy groups -OCH3 is 1. The summed E-state index contributed by atoms with van der Waals surface area (Å²) in [5.74, 6) is 1.19. The lowest BCUT2D eigenvalue weighted by Crippen LogP contribution is -2.13. The molecule has 6 heteroatoms. The fraction of sp³-hybridized carbons (Fsp3) is 0.478. The summed E-state index contributed by atoms with van der Waals surface area (Å²) >= 11 is 3.71. The summed E-state index contributed by atoms with van der Waals surface area (Å²) in [6, 6.07) is 4.69. The van der Waals surface area contributed by atoms with Gasteiger partial charge in [0.15, 0.2) is 0 Å². The van der Waals surface area contributed by atoms with Crippen molar-refractivity contribution in [3.8, 4) is 11.3 Å². The molecule has 1 atom stereocenters. The Kier molecular flexibility index (Phi) is 6.64. The number of hydrogen-bond acceptors (Lipinski definition) is 4. The highest BCUT2D eigenvalue weighted by atomic mass is 79.9. The summed E-state index contributed by atoms with van der Waals surface area (Å²) in [5, 5.41) is 3.26. The number of ether oxygens (including phenoxy) is 1. The Hall–Kier alpha value is -1.92. The standard InChI is InChI=1S/C23H31BrN4O/c1-8-16(12-29-7)28-11-15(5)22-19(28)9-14(4)21(26-22)17-10-18(24)20(13(2)3)27-23(17)25-6/h9-11,13,16H,8,12H2,1-7H3,(H,25,27)/t16-/m0/s1. The fourth-order valence-corrected chi connectivity index (χ4v) is 4.64. The van der Waals surface area contributed by atoms with E-state index in [-0.39, 0.29) is 0 Å². The van der Waals surface area contributed by atoms with Crippen LogP contribution >= 0.6 is 15.9 Å². The van der Waals surface area contributed by atoms with Crippen molar-refractivity contribution in [3.63, 3.8) is 0 Å². The van der Waals surface area contributed by atoms with Crippen molar-refractivity contribution in [2.45, 2.75) is 53.0 Å². The Bertz CT molecular complexity index is 1030. The number of aromatic nitrogens is 3. The highest BCUT2D eigenvalue weighted by Crippen LogP contribution is 2.36. The van der Waals surface area contributed by atoms with Crippen LogP contribution in [0.1, 0.15) is 56.0 Å². The number of hydrogen-bond donors (Lipinski definition) is 1. The third-order valence-electron chi connectivity index (χ3n) is 5.44. The van der Waals surface area contributed by atoms with Gasteiger partial charge in [0.1, 0.15) is 5.82 Å². The second-order valence-corrected chi connectivity index (χ2v) is 8.77. The monoisotopic (exact) mass is 458 g/mol. The summed E-state index contributed by atoms with van der Waals surface area (Å²) in [6.07, 6.45) is 3.21. The zero-order chi connectivity index (χ0) is 21.3. The van der Waals surface area contributed by atoms with E-state index in [4.69, 9.17) is 14.7 Å². The predicted molar refractivity (Wildman–Crippen MR) is 125 cm³/mol. The number of aryl methyl sites for hydroxylation is 2. The average molecular weight is 459 g/mol. The van der Waals surface area contributed by atoms with Crippen LogP contribution in [0.4, 0.5) is 5.82 Å². The molecule has 0 saturated heterocycles. The molecule has 1 N–H and O–H groups in total. The summed E-state index contributed by atoms with van der Waals surface area (Å²) in [6.45, 7) is 11.4. The first-order valence-corrected chi connectivity index (χ1v) is 11.0. The zero-order valence-electron chi connectivity index (χ0n) is 18.4. The van der Waals surface area contributed by atoms with Crippen LogP contribution in [0.25, 0.3) is 22.3 Å². The smallest absolute Gasteiger partial charge is 0.135 e. The number of halogens is 1. The van der Waals surface area contributed by atoms with E-state index < -0.39 is 0 Å². The maximum atomic E-state index is 5.44. The topological polar surface area (TPSA) is 52.0 Å². The Morgan fingerprint density at radius 2 is 1.90 bits per heavy atom. The minimum Gasteiger partial charge on any atom is -0.383 e. The SMILES string of the molecule is CC[C@@H](COC)n1cc(C)c2nc(-c3cc(Br)c(C(C)C)nc3NC)c(C)cc21. The van der Waals surface area contributed by atoms with Gasteiger partial charge in [-0.25, -0.2) is 9.97 Å². The van der Waals surface area contributed by atoms with E-state index in [1.54, 1.807) is 7.11 Å². The van der Waals surface area contributed by atoms with Crippen LogP contribution in [0, 0.1) is 13.8 Å². The van der Waals surface area contributed by atoms with Gasteiger partial charge in [0.2, 0.25) is 0 Å². The second kappa shape index (κ2) is 8.84. The Morgan fingerprint density at radius 1 is 1.17 bits per heavy atom. The van der Waals surface area contributed by atoms with Crippen molar-refractivity contribution in [2.75, 3.05) is 26.1 Å². The van der Waals surface area contributed by atoms with Gasteiger partial charge < -0.3 is 14.6 Å². The van der Waals surface area contributed by atoms with Gasteiger partial charge in [0.05, 0.1) is 35.1 Å². The van der Waals surface area contributed by atoms with Gasteiger partial charge in [0, 0.05) is 30.4 Å². The lowest BCUT2D eigenvalue weighted by Gasteiger charge is -2.18. The van der Waals surface area contributed by atoms with Gasteiger partial charge in [-0.1, -0.05) is 20.8 Å². The number of nitrogens with zero attached hydrogens (tertiary/aromatic N) is 3. The van der Waals surface area contributed by atoms with Crippen molar-refractivity contribution >= 4 is 32.8 Å². The molecule has 3 aromatic rings. The Balaban J connectivity index is 2.21. The molecule has 0 aromatic carbocycles. The fourth-order valence-electron chi connectivity index (χ4n) is 3.87. The summed E-state index contributed by atoms with van der Waals surface area (Å²) in [4.78, 5) is 9.97. The van der Waals surface area contributed by atoms with E-state index in [1.807, 2.05) is 7.05 Å². The number of rotatable bonds is 7. The van der Waals surface area contributed by atoms with Crippen molar-refractivity contribution < 1.29 is 4.74 Å². The van der Waals surface area contributed by atoms with E-state index in [1.165, 1.54) is 5.56 Å². The molecular formula is C23H31BrN4O. The van der Waals surface area contributed by atoms with Crippen molar-refractivity contribution in [2.24, 2.45) is 0 Å². The molecule has 0 radical (unpaired) electrons. The maximum Gasteiger partial charge on any atom is 0.135 e. The molecular weight excluding hydrogens is 428 g/mol. The number of anilines is 1. The molecule has 3 heterocycles. The van der Waals surface area contributed by atoms with E-state index in [9.17, 15) is 0 Å². The summed E-state index contributed by atoms with van der Waals surface area (Å²) in [5.41, 5.74) is 7.52.